The molecule has 0 bridgehead atoms. The highest BCUT2D eigenvalue weighted by Crippen LogP contribution is 2.34. The van der Waals surface area contributed by atoms with E-state index in [1.165, 1.54) is 23.0 Å². The SMILES string of the molecule is O=C(NC(=S)Nc1ccc2nn(-c3ccc(F)cc3)nc2c1)c1ccc(-c2cccc(Cl)c2Cl)o1. The quantitative estimate of drug-likeness (QED) is 0.269. The number of thiocarbonyl (C=S) groups is 1. The minimum atomic E-state index is -0.532. The zero-order valence-corrected chi connectivity index (χ0v) is 20.0. The average Bonchev–Trinajstić information content (AvgIpc) is 3.48. The summed E-state index contributed by atoms with van der Waals surface area (Å²) in [5, 5.41) is 15.1. The first-order valence-electron chi connectivity index (χ1n) is 10.2. The van der Waals surface area contributed by atoms with E-state index in [0.29, 0.717) is 43.8 Å². The second-order valence-electron chi connectivity index (χ2n) is 7.34. The number of hydrogen-bond donors (Lipinski definition) is 2. The second kappa shape index (κ2) is 9.46. The Morgan fingerprint density at radius 1 is 0.971 bits per heavy atom. The van der Waals surface area contributed by atoms with Crippen molar-refractivity contribution in [3.05, 3.63) is 94.4 Å². The highest BCUT2D eigenvalue weighted by atomic mass is 35.5. The van der Waals surface area contributed by atoms with Gasteiger partial charge in [-0.2, -0.15) is 4.80 Å². The number of anilines is 1. The number of nitrogens with one attached hydrogen (secondary N) is 2. The molecule has 0 spiro atoms. The van der Waals surface area contributed by atoms with Crippen LogP contribution in [-0.2, 0) is 0 Å². The minimum Gasteiger partial charge on any atom is -0.451 e. The molecule has 174 valence electrons. The first-order chi connectivity index (χ1) is 16.9. The molecule has 0 radical (unpaired) electrons. The van der Waals surface area contributed by atoms with Crippen molar-refractivity contribution in [1.82, 2.24) is 20.3 Å². The van der Waals surface area contributed by atoms with Gasteiger partial charge in [-0.05, 0) is 78.9 Å². The number of aromatic nitrogens is 3. The van der Waals surface area contributed by atoms with E-state index in [4.69, 9.17) is 39.8 Å². The highest BCUT2D eigenvalue weighted by molar-refractivity contribution is 7.80. The van der Waals surface area contributed by atoms with Crippen molar-refractivity contribution in [2.24, 2.45) is 0 Å². The number of furan rings is 1. The molecular weight excluding hydrogens is 512 g/mol. The molecule has 2 aromatic heterocycles. The van der Waals surface area contributed by atoms with Crippen LogP contribution in [0.1, 0.15) is 10.6 Å². The summed E-state index contributed by atoms with van der Waals surface area (Å²) in [4.78, 5) is 14.0. The van der Waals surface area contributed by atoms with Crippen LogP contribution >= 0.6 is 35.4 Å². The largest absolute Gasteiger partial charge is 0.451 e. The van der Waals surface area contributed by atoms with Crippen LogP contribution in [0.5, 0.6) is 0 Å². The molecule has 0 saturated heterocycles. The summed E-state index contributed by atoms with van der Waals surface area (Å²) in [7, 11) is 0. The molecule has 11 heteroatoms. The third-order valence-corrected chi connectivity index (χ3v) is 5.99. The van der Waals surface area contributed by atoms with Crippen LogP contribution < -0.4 is 10.6 Å². The molecule has 0 saturated carbocycles. The number of halogens is 3. The normalized spacial score (nSPS) is 10.9. The number of nitrogens with zero attached hydrogens (tertiary/aromatic N) is 3. The van der Waals surface area contributed by atoms with Gasteiger partial charge in [-0.25, -0.2) is 4.39 Å². The molecule has 0 aliphatic rings. The van der Waals surface area contributed by atoms with E-state index in [1.807, 2.05) is 0 Å². The van der Waals surface area contributed by atoms with Gasteiger partial charge in [0.2, 0.25) is 0 Å². The van der Waals surface area contributed by atoms with Gasteiger partial charge in [0.1, 0.15) is 22.6 Å². The number of hydrogen-bond acceptors (Lipinski definition) is 5. The van der Waals surface area contributed by atoms with Gasteiger partial charge in [-0.1, -0.05) is 29.3 Å². The maximum absolute atomic E-state index is 13.2. The maximum Gasteiger partial charge on any atom is 0.293 e. The first kappa shape index (κ1) is 23.0. The molecule has 2 heterocycles. The van der Waals surface area contributed by atoms with Crippen molar-refractivity contribution in [1.29, 1.82) is 0 Å². The zero-order chi connectivity index (χ0) is 24.5. The summed E-state index contributed by atoms with van der Waals surface area (Å²) >= 11 is 17.5. The van der Waals surface area contributed by atoms with Crippen molar-refractivity contribution in [2.75, 3.05) is 5.32 Å². The predicted octanol–water partition coefficient (Wildman–Crippen LogP) is 6.25. The molecule has 35 heavy (non-hydrogen) atoms. The molecule has 2 N–H and O–H groups in total. The van der Waals surface area contributed by atoms with Crippen LogP contribution in [0.15, 0.2) is 77.2 Å². The molecule has 0 unspecified atom stereocenters. The molecule has 1 amide bonds. The van der Waals surface area contributed by atoms with Crippen LogP contribution in [0.3, 0.4) is 0 Å². The lowest BCUT2D eigenvalue weighted by molar-refractivity contribution is 0.0951. The van der Waals surface area contributed by atoms with Gasteiger partial charge in [0.05, 0.1) is 15.7 Å². The number of carbonyl (C=O) groups excluding carboxylic acids is 1. The predicted molar refractivity (Wildman–Crippen MR) is 137 cm³/mol. The van der Waals surface area contributed by atoms with Gasteiger partial charge >= 0.3 is 0 Å². The van der Waals surface area contributed by atoms with Gasteiger partial charge in [-0.15, -0.1) is 10.2 Å². The molecule has 3 aromatic carbocycles. The summed E-state index contributed by atoms with van der Waals surface area (Å²) in [5.74, 6) is -0.420. The smallest absolute Gasteiger partial charge is 0.293 e. The third kappa shape index (κ3) is 4.88. The molecule has 0 aliphatic carbocycles. The van der Waals surface area contributed by atoms with Crippen LogP contribution in [-0.4, -0.2) is 26.0 Å². The average molecular weight is 526 g/mol. The number of amides is 1. The zero-order valence-electron chi connectivity index (χ0n) is 17.6. The van der Waals surface area contributed by atoms with Gasteiger partial charge < -0.3 is 9.73 Å². The van der Waals surface area contributed by atoms with Crippen LogP contribution in [0, 0.1) is 5.82 Å². The molecule has 0 fully saturated rings. The summed E-state index contributed by atoms with van der Waals surface area (Å²) < 4.78 is 18.8. The maximum atomic E-state index is 13.2. The molecular formula is C24H14Cl2FN5O2S. The van der Waals surface area contributed by atoms with E-state index in [-0.39, 0.29) is 16.7 Å². The Morgan fingerprint density at radius 3 is 2.54 bits per heavy atom. The van der Waals surface area contributed by atoms with Crippen molar-refractivity contribution in [3.8, 4) is 17.0 Å². The Bertz CT molecular complexity index is 1580. The first-order valence-corrected chi connectivity index (χ1v) is 11.3. The van der Waals surface area contributed by atoms with Crippen molar-refractivity contribution in [2.45, 2.75) is 0 Å². The number of benzene rings is 3. The van der Waals surface area contributed by atoms with Crippen LogP contribution in [0.4, 0.5) is 10.1 Å². The van der Waals surface area contributed by atoms with E-state index in [1.54, 1.807) is 54.6 Å². The van der Waals surface area contributed by atoms with Crippen molar-refractivity contribution < 1.29 is 13.6 Å². The topological polar surface area (TPSA) is 85.0 Å². The molecule has 7 nitrogen and oxygen atoms in total. The van der Waals surface area contributed by atoms with Crippen LogP contribution in [0.2, 0.25) is 10.0 Å². The lowest BCUT2D eigenvalue weighted by atomic mass is 10.2. The number of fused-ring (bicyclic) bond motifs is 1. The Kier molecular flexibility index (Phi) is 6.21. The van der Waals surface area contributed by atoms with Gasteiger partial charge in [0.15, 0.2) is 10.9 Å². The third-order valence-electron chi connectivity index (χ3n) is 4.97. The van der Waals surface area contributed by atoms with Gasteiger partial charge in [0, 0.05) is 11.3 Å². The summed E-state index contributed by atoms with van der Waals surface area (Å²) in [6.07, 6.45) is 0. The highest BCUT2D eigenvalue weighted by Gasteiger charge is 2.16. The fourth-order valence-corrected chi connectivity index (χ4v) is 3.91. The monoisotopic (exact) mass is 525 g/mol. The lowest BCUT2D eigenvalue weighted by Gasteiger charge is -2.08. The molecule has 0 aliphatic heterocycles. The van der Waals surface area contributed by atoms with Crippen LogP contribution in [0.25, 0.3) is 28.0 Å². The lowest BCUT2D eigenvalue weighted by Crippen LogP contribution is -2.33. The van der Waals surface area contributed by atoms with E-state index >= 15 is 0 Å². The van der Waals surface area contributed by atoms with Crippen molar-refractivity contribution in [3.63, 3.8) is 0 Å². The van der Waals surface area contributed by atoms with E-state index in [0.717, 1.165) is 0 Å². The minimum absolute atomic E-state index is 0.0536. The van der Waals surface area contributed by atoms with E-state index < -0.39 is 5.91 Å². The van der Waals surface area contributed by atoms with Gasteiger partial charge in [0.25, 0.3) is 5.91 Å². The summed E-state index contributed by atoms with van der Waals surface area (Å²) in [6.45, 7) is 0. The Labute approximate surface area is 213 Å². The van der Waals surface area contributed by atoms with Gasteiger partial charge in [-0.3, -0.25) is 10.1 Å². The Balaban J connectivity index is 1.27. The number of carbonyl (C=O) groups is 1. The standard InChI is InChI=1S/C24H14Cl2FN5O2S/c25-17-3-1-2-16(22(17)26)20-10-11-21(34-20)23(33)29-24(35)28-14-6-9-18-19(12-14)31-32(30-18)15-7-4-13(27)5-8-15/h1-12H,(H2,28,29,33,35). The van der Waals surface area contributed by atoms with E-state index in [2.05, 4.69) is 20.8 Å². The molecule has 5 rings (SSSR count). The molecule has 0 atom stereocenters. The fraction of sp³-hybridized carbons (Fsp3) is 0. The summed E-state index contributed by atoms with van der Waals surface area (Å²) in [5.41, 5.74) is 3.01. The second-order valence-corrected chi connectivity index (χ2v) is 8.54. The Morgan fingerprint density at radius 2 is 1.74 bits per heavy atom. The number of rotatable bonds is 4. The fourth-order valence-electron chi connectivity index (χ4n) is 3.31. The van der Waals surface area contributed by atoms with E-state index in [9.17, 15) is 9.18 Å². The van der Waals surface area contributed by atoms with Crippen molar-refractivity contribution >= 4 is 63.2 Å². The molecule has 5 aromatic rings. The summed E-state index contributed by atoms with van der Waals surface area (Å²) in [6, 6.07) is 19.3. The Hall–Kier alpha value is -3.79.